The van der Waals surface area contributed by atoms with Crippen molar-refractivity contribution >= 4 is 28.4 Å². The standard InChI is InChI=1S/C11H11NO7S/c13-10(12-7-11(14)15)5-4-8-2-1-3-9(6-8)19-20(16,17)18/h1-6H,7H2,(H,12,13)(H,14,15)(H,16,17,18)/b5-4+. The van der Waals surface area contributed by atoms with Gasteiger partial charge in [0, 0.05) is 6.08 Å². The second-order valence-corrected chi connectivity index (χ2v) is 4.55. The van der Waals surface area contributed by atoms with E-state index in [0.717, 1.165) is 6.08 Å². The van der Waals surface area contributed by atoms with Crippen LogP contribution in [0, 0.1) is 0 Å². The number of nitrogens with one attached hydrogen (secondary N) is 1. The van der Waals surface area contributed by atoms with Gasteiger partial charge < -0.3 is 14.6 Å². The summed E-state index contributed by atoms with van der Waals surface area (Å²) in [7, 11) is -4.61. The van der Waals surface area contributed by atoms with Crippen LogP contribution in [0.3, 0.4) is 0 Å². The molecule has 9 heteroatoms. The smallest absolute Gasteiger partial charge is 0.446 e. The molecular weight excluding hydrogens is 290 g/mol. The molecule has 0 spiro atoms. The molecule has 0 saturated heterocycles. The van der Waals surface area contributed by atoms with Gasteiger partial charge in [-0.15, -0.1) is 0 Å². The normalized spacial score (nSPS) is 11.2. The van der Waals surface area contributed by atoms with Crippen LogP contribution < -0.4 is 9.50 Å². The molecule has 0 radical (unpaired) electrons. The molecule has 108 valence electrons. The van der Waals surface area contributed by atoms with Crippen LogP contribution in [0.25, 0.3) is 6.08 Å². The fourth-order valence-electron chi connectivity index (χ4n) is 1.19. The van der Waals surface area contributed by atoms with Crippen LogP contribution in [0.2, 0.25) is 0 Å². The van der Waals surface area contributed by atoms with Crippen LogP contribution in [0.5, 0.6) is 5.75 Å². The number of carbonyl (C=O) groups excluding carboxylic acids is 1. The maximum atomic E-state index is 11.2. The number of benzene rings is 1. The summed E-state index contributed by atoms with van der Waals surface area (Å²) in [6, 6.07) is 5.58. The summed E-state index contributed by atoms with van der Waals surface area (Å²) >= 11 is 0. The van der Waals surface area contributed by atoms with Gasteiger partial charge in [-0.05, 0) is 23.8 Å². The van der Waals surface area contributed by atoms with Crippen LogP contribution in [-0.4, -0.2) is 36.5 Å². The number of amides is 1. The van der Waals surface area contributed by atoms with E-state index in [4.69, 9.17) is 9.66 Å². The van der Waals surface area contributed by atoms with E-state index < -0.39 is 28.8 Å². The average Bonchev–Trinajstić information content (AvgIpc) is 2.32. The second-order valence-electron chi connectivity index (χ2n) is 3.53. The number of hydrogen-bond donors (Lipinski definition) is 3. The minimum atomic E-state index is -4.61. The molecule has 0 aliphatic heterocycles. The van der Waals surface area contributed by atoms with Gasteiger partial charge in [-0.1, -0.05) is 12.1 Å². The predicted octanol–water partition coefficient (Wildman–Crippen LogP) is 0.0822. The lowest BCUT2D eigenvalue weighted by Crippen LogP contribution is -2.27. The zero-order valence-corrected chi connectivity index (χ0v) is 10.8. The first-order chi connectivity index (χ1) is 9.26. The van der Waals surface area contributed by atoms with E-state index in [1.165, 1.54) is 24.3 Å². The zero-order chi connectivity index (χ0) is 15.2. The molecule has 0 atom stereocenters. The van der Waals surface area contributed by atoms with Gasteiger partial charge in [0.25, 0.3) is 0 Å². The van der Waals surface area contributed by atoms with Crippen LogP contribution >= 0.6 is 0 Å². The fourth-order valence-corrected chi connectivity index (χ4v) is 1.53. The van der Waals surface area contributed by atoms with Gasteiger partial charge in [0.2, 0.25) is 5.91 Å². The number of carboxylic acids is 1. The minimum Gasteiger partial charge on any atom is -0.480 e. The van der Waals surface area contributed by atoms with Crippen molar-refractivity contribution in [2.24, 2.45) is 0 Å². The average molecular weight is 301 g/mol. The lowest BCUT2D eigenvalue weighted by Gasteiger charge is -2.02. The molecule has 20 heavy (non-hydrogen) atoms. The Hall–Kier alpha value is -2.39. The van der Waals surface area contributed by atoms with Crippen molar-refractivity contribution in [1.82, 2.24) is 5.32 Å². The molecule has 3 N–H and O–H groups in total. The quantitative estimate of drug-likeness (QED) is 0.501. The highest BCUT2D eigenvalue weighted by molar-refractivity contribution is 7.81. The van der Waals surface area contributed by atoms with Crippen molar-refractivity contribution in [1.29, 1.82) is 0 Å². The molecule has 1 amide bonds. The molecule has 0 aromatic heterocycles. The number of rotatable bonds is 6. The molecule has 1 rings (SSSR count). The number of hydrogen-bond acceptors (Lipinski definition) is 5. The van der Waals surface area contributed by atoms with Crippen molar-refractivity contribution < 1.29 is 31.8 Å². The van der Waals surface area contributed by atoms with E-state index in [2.05, 4.69) is 9.50 Å². The van der Waals surface area contributed by atoms with E-state index in [0.29, 0.717) is 5.56 Å². The molecule has 0 aliphatic rings. The first-order valence-electron chi connectivity index (χ1n) is 5.21. The Morgan fingerprint density at radius 2 is 2.05 bits per heavy atom. The summed E-state index contributed by atoms with van der Waals surface area (Å²) in [5.74, 6) is -1.91. The monoisotopic (exact) mass is 301 g/mol. The molecular formula is C11H11NO7S. The topological polar surface area (TPSA) is 130 Å². The van der Waals surface area contributed by atoms with Gasteiger partial charge >= 0.3 is 16.4 Å². The molecule has 0 unspecified atom stereocenters. The molecule has 0 heterocycles. The molecule has 0 aliphatic carbocycles. The highest BCUT2D eigenvalue weighted by atomic mass is 32.3. The number of carbonyl (C=O) groups is 2. The van der Waals surface area contributed by atoms with Crippen molar-refractivity contribution in [3.05, 3.63) is 35.9 Å². The van der Waals surface area contributed by atoms with Crippen molar-refractivity contribution in [3.63, 3.8) is 0 Å². The van der Waals surface area contributed by atoms with E-state index in [-0.39, 0.29) is 5.75 Å². The maximum Gasteiger partial charge on any atom is 0.446 e. The lowest BCUT2D eigenvalue weighted by atomic mass is 10.2. The Labute approximate surface area is 114 Å². The summed E-state index contributed by atoms with van der Waals surface area (Å²) < 4.78 is 33.8. The van der Waals surface area contributed by atoms with Crippen LogP contribution in [0.15, 0.2) is 30.3 Å². The zero-order valence-electron chi connectivity index (χ0n) is 10.0. The first-order valence-corrected chi connectivity index (χ1v) is 6.57. The largest absolute Gasteiger partial charge is 0.480 e. The van der Waals surface area contributed by atoms with Crippen LogP contribution in [-0.2, 0) is 20.0 Å². The Balaban J connectivity index is 2.71. The molecule has 0 saturated carbocycles. The Morgan fingerprint density at radius 1 is 1.35 bits per heavy atom. The fraction of sp³-hybridized carbons (Fsp3) is 0.0909. The van der Waals surface area contributed by atoms with E-state index in [9.17, 15) is 18.0 Å². The molecule has 1 aromatic carbocycles. The molecule has 1 aromatic rings. The third-order valence-corrected chi connectivity index (χ3v) is 2.30. The van der Waals surface area contributed by atoms with E-state index >= 15 is 0 Å². The van der Waals surface area contributed by atoms with Gasteiger partial charge in [0.1, 0.15) is 12.3 Å². The first kappa shape index (κ1) is 15.7. The highest BCUT2D eigenvalue weighted by Gasteiger charge is 2.06. The van der Waals surface area contributed by atoms with E-state index in [1.54, 1.807) is 6.07 Å². The Morgan fingerprint density at radius 3 is 2.65 bits per heavy atom. The highest BCUT2D eigenvalue weighted by Crippen LogP contribution is 2.15. The Bertz CT molecular complexity index is 636. The summed E-state index contributed by atoms with van der Waals surface area (Å²) in [5, 5.41) is 10.5. The Kier molecular flexibility index (Phi) is 5.23. The van der Waals surface area contributed by atoms with Gasteiger partial charge in [-0.2, -0.15) is 8.42 Å². The summed E-state index contributed by atoms with van der Waals surface area (Å²) in [6.07, 6.45) is 2.41. The van der Waals surface area contributed by atoms with Crippen molar-refractivity contribution in [2.45, 2.75) is 0 Å². The van der Waals surface area contributed by atoms with Gasteiger partial charge in [0.05, 0.1) is 0 Å². The van der Waals surface area contributed by atoms with Crippen LogP contribution in [0.4, 0.5) is 0 Å². The molecule has 0 fully saturated rings. The molecule has 8 nitrogen and oxygen atoms in total. The predicted molar refractivity (Wildman–Crippen MR) is 68.3 cm³/mol. The molecule has 0 bridgehead atoms. The van der Waals surface area contributed by atoms with Crippen molar-refractivity contribution in [2.75, 3.05) is 6.54 Å². The van der Waals surface area contributed by atoms with Gasteiger partial charge in [-0.25, -0.2) is 0 Å². The summed E-state index contributed by atoms with van der Waals surface area (Å²) in [6.45, 7) is -0.505. The van der Waals surface area contributed by atoms with Gasteiger partial charge in [-0.3, -0.25) is 14.1 Å². The third kappa shape index (κ3) is 6.52. The summed E-state index contributed by atoms with van der Waals surface area (Å²) in [5.41, 5.74) is 0.427. The maximum absolute atomic E-state index is 11.2. The lowest BCUT2D eigenvalue weighted by molar-refractivity contribution is -0.137. The SMILES string of the molecule is O=C(O)CNC(=O)/C=C/c1cccc(OS(=O)(=O)O)c1. The summed E-state index contributed by atoms with van der Waals surface area (Å²) in [4.78, 5) is 21.4. The van der Waals surface area contributed by atoms with Crippen molar-refractivity contribution in [3.8, 4) is 5.75 Å². The minimum absolute atomic E-state index is 0.124. The number of carboxylic acid groups (broad SMARTS) is 1. The second kappa shape index (κ2) is 6.68. The van der Waals surface area contributed by atoms with Gasteiger partial charge in [0.15, 0.2) is 0 Å². The number of aliphatic carboxylic acids is 1. The van der Waals surface area contributed by atoms with E-state index in [1.807, 2.05) is 0 Å². The van der Waals surface area contributed by atoms with Crippen LogP contribution in [0.1, 0.15) is 5.56 Å². The third-order valence-electron chi connectivity index (χ3n) is 1.90.